The second kappa shape index (κ2) is 12.3. The Hall–Kier alpha value is -1.27. The summed E-state index contributed by atoms with van der Waals surface area (Å²) in [7, 11) is 1.57. The third kappa shape index (κ3) is 7.63. The summed E-state index contributed by atoms with van der Waals surface area (Å²) < 4.78 is 51.2. The highest BCUT2D eigenvalue weighted by molar-refractivity contribution is 14.0. The minimum atomic E-state index is -4.43. The second-order valence-electron chi connectivity index (χ2n) is 5.99. The van der Waals surface area contributed by atoms with E-state index in [2.05, 4.69) is 15.6 Å². The van der Waals surface area contributed by atoms with E-state index in [9.17, 15) is 13.2 Å². The number of guanidine groups is 1. The van der Waals surface area contributed by atoms with Gasteiger partial charge in [0.25, 0.3) is 0 Å². The van der Waals surface area contributed by atoms with E-state index < -0.39 is 11.7 Å². The van der Waals surface area contributed by atoms with Crippen LogP contribution in [0.4, 0.5) is 18.9 Å². The average molecular weight is 516 g/mol. The van der Waals surface area contributed by atoms with Crippen molar-refractivity contribution in [1.29, 1.82) is 0 Å². The lowest BCUT2D eigenvalue weighted by atomic mass is 10.0. The van der Waals surface area contributed by atoms with Crippen LogP contribution in [-0.2, 0) is 22.2 Å². The topological polar surface area (TPSA) is 58.1 Å². The monoisotopic (exact) mass is 516 g/mol. The molecule has 1 aliphatic heterocycles. The number of nitrogens with zero attached hydrogens (tertiary/aromatic N) is 2. The number of aliphatic imine (C=N–C) groups is 1. The molecule has 0 radical (unpaired) electrons. The second-order valence-corrected chi connectivity index (χ2v) is 5.99. The molecule has 0 saturated carbocycles. The molecule has 1 aromatic carbocycles. The number of hydrogen-bond donors (Lipinski definition) is 2. The van der Waals surface area contributed by atoms with E-state index in [-0.39, 0.29) is 36.1 Å². The molecular formula is C18H28F3IN4O2. The highest BCUT2D eigenvalue weighted by Gasteiger charge is 2.34. The fraction of sp³-hybridized carbons (Fsp3) is 0.611. The Balaban J connectivity index is 0.00000392. The number of rotatable bonds is 7. The van der Waals surface area contributed by atoms with Crippen LogP contribution in [0.2, 0.25) is 0 Å². The van der Waals surface area contributed by atoms with Crippen LogP contribution < -0.4 is 15.5 Å². The summed E-state index contributed by atoms with van der Waals surface area (Å²) in [6.07, 6.45) is -4.43. The molecule has 1 heterocycles. The molecule has 0 aromatic heterocycles. The lowest BCUT2D eigenvalue weighted by Gasteiger charge is -2.29. The van der Waals surface area contributed by atoms with Gasteiger partial charge in [-0.3, -0.25) is 4.99 Å². The fourth-order valence-corrected chi connectivity index (χ4v) is 2.79. The normalized spacial score (nSPS) is 15.2. The molecule has 10 heteroatoms. The van der Waals surface area contributed by atoms with Crippen LogP contribution in [0.3, 0.4) is 0 Å². The summed E-state index contributed by atoms with van der Waals surface area (Å²) in [6, 6.07) is 4.46. The molecule has 0 spiro atoms. The van der Waals surface area contributed by atoms with E-state index in [4.69, 9.17) is 9.47 Å². The Morgan fingerprint density at radius 2 is 1.96 bits per heavy atom. The van der Waals surface area contributed by atoms with E-state index >= 15 is 0 Å². The number of alkyl halides is 3. The van der Waals surface area contributed by atoms with Crippen molar-refractivity contribution in [3.05, 3.63) is 29.3 Å². The molecule has 0 unspecified atom stereocenters. The quantitative estimate of drug-likeness (QED) is 0.253. The smallest absolute Gasteiger partial charge is 0.380 e. The van der Waals surface area contributed by atoms with Gasteiger partial charge in [0.2, 0.25) is 0 Å². The number of morpholine rings is 1. The summed E-state index contributed by atoms with van der Waals surface area (Å²) >= 11 is 0. The zero-order chi connectivity index (χ0) is 19.7. The molecule has 28 heavy (non-hydrogen) atoms. The molecule has 1 aromatic rings. The Kier molecular flexibility index (Phi) is 10.9. The highest BCUT2D eigenvalue weighted by atomic mass is 127. The van der Waals surface area contributed by atoms with Crippen molar-refractivity contribution >= 4 is 35.6 Å². The first-order valence-electron chi connectivity index (χ1n) is 9.00. The lowest BCUT2D eigenvalue weighted by Crippen LogP contribution is -2.39. The van der Waals surface area contributed by atoms with Crippen LogP contribution in [0.25, 0.3) is 0 Å². The molecule has 0 aliphatic carbocycles. The summed E-state index contributed by atoms with van der Waals surface area (Å²) in [4.78, 5) is 5.93. The van der Waals surface area contributed by atoms with Gasteiger partial charge in [-0.25, -0.2) is 0 Å². The van der Waals surface area contributed by atoms with Crippen molar-refractivity contribution in [3.63, 3.8) is 0 Å². The van der Waals surface area contributed by atoms with Crippen molar-refractivity contribution in [2.24, 2.45) is 4.99 Å². The van der Waals surface area contributed by atoms with E-state index in [1.165, 1.54) is 12.1 Å². The number of anilines is 1. The molecule has 160 valence electrons. The third-order valence-electron chi connectivity index (χ3n) is 4.19. The van der Waals surface area contributed by atoms with Gasteiger partial charge in [0.05, 0.1) is 25.4 Å². The van der Waals surface area contributed by atoms with E-state index in [1.807, 2.05) is 11.8 Å². The van der Waals surface area contributed by atoms with Crippen molar-refractivity contribution < 1.29 is 22.6 Å². The van der Waals surface area contributed by atoms with Crippen LogP contribution in [0.15, 0.2) is 23.2 Å². The van der Waals surface area contributed by atoms with E-state index in [0.717, 1.165) is 0 Å². The van der Waals surface area contributed by atoms with Gasteiger partial charge >= 0.3 is 6.18 Å². The Labute approximate surface area is 180 Å². The molecule has 2 N–H and O–H groups in total. The van der Waals surface area contributed by atoms with Gasteiger partial charge in [-0.05, 0) is 24.6 Å². The van der Waals surface area contributed by atoms with Crippen LogP contribution in [0, 0.1) is 0 Å². The molecule has 1 saturated heterocycles. The standard InChI is InChI=1S/C18H27F3N4O2.HI/c1-3-26-9-6-23-17(22-2)24-13-14-4-5-15(12-16(14)18(19,20)21)25-7-10-27-11-8-25;/h4-5,12H,3,6-11,13H2,1-2H3,(H2,22,23,24);1H. The maximum Gasteiger partial charge on any atom is 0.416 e. The van der Waals surface area contributed by atoms with Gasteiger partial charge in [0.1, 0.15) is 0 Å². The predicted octanol–water partition coefficient (Wildman–Crippen LogP) is 2.86. The molecular weight excluding hydrogens is 488 g/mol. The zero-order valence-electron chi connectivity index (χ0n) is 16.1. The van der Waals surface area contributed by atoms with E-state index in [0.29, 0.717) is 57.7 Å². The maximum absolute atomic E-state index is 13.6. The maximum atomic E-state index is 13.6. The van der Waals surface area contributed by atoms with Gasteiger partial charge in [-0.2, -0.15) is 13.2 Å². The third-order valence-corrected chi connectivity index (χ3v) is 4.19. The number of ether oxygens (including phenoxy) is 2. The Morgan fingerprint density at radius 1 is 1.25 bits per heavy atom. The molecule has 1 fully saturated rings. The lowest BCUT2D eigenvalue weighted by molar-refractivity contribution is -0.138. The molecule has 6 nitrogen and oxygen atoms in total. The summed E-state index contributed by atoms with van der Waals surface area (Å²) in [5.41, 5.74) is 0.102. The largest absolute Gasteiger partial charge is 0.416 e. The number of hydrogen-bond acceptors (Lipinski definition) is 4. The molecule has 0 amide bonds. The van der Waals surface area contributed by atoms with Gasteiger partial charge in [-0.1, -0.05) is 6.07 Å². The Morgan fingerprint density at radius 3 is 2.57 bits per heavy atom. The summed E-state index contributed by atoms with van der Waals surface area (Å²) in [5, 5.41) is 5.93. The minimum Gasteiger partial charge on any atom is -0.380 e. The van der Waals surface area contributed by atoms with Gasteiger partial charge in [0.15, 0.2) is 5.96 Å². The number of benzene rings is 1. The van der Waals surface area contributed by atoms with Gasteiger partial charge < -0.3 is 25.0 Å². The first kappa shape index (κ1) is 24.8. The summed E-state index contributed by atoms with van der Waals surface area (Å²) in [5.74, 6) is 0.431. The van der Waals surface area contributed by atoms with Crippen LogP contribution in [-0.4, -0.2) is 59.1 Å². The minimum absolute atomic E-state index is 0. The van der Waals surface area contributed by atoms with Crippen molar-refractivity contribution in [3.8, 4) is 0 Å². The van der Waals surface area contributed by atoms with Crippen LogP contribution >= 0.6 is 24.0 Å². The molecule has 0 atom stereocenters. The van der Waals surface area contributed by atoms with Gasteiger partial charge in [0, 0.05) is 45.5 Å². The fourth-order valence-electron chi connectivity index (χ4n) is 2.79. The molecule has 2 rings (SSSR count). The predicted molar refractivity (Wildman–Crippen MR) is 115 cm³/mol. The Bertz CT molecular complexity index is 623. The zero-order valence-corrected chi connectivity index (χ0v) is 18.5. The van der Waals surface area contributed by atoms with Crippen LogP contribution in [0.1, 0.15) is 18.1 Å². The first-order valence-corrected chi connectivity index (χ1v) is 9.00. The SMILES string of the molecule is CCOCCNC(=NC)NCc1ccc(N2CCOCC2)cc1C(F)(F)F.I. The molecule has 1 aliphatic rings. The molecule has 0 bridgehead atoms. The first-order chi connectivity index (χ1) is 13.0. The van der Waals surface area contributed by atoms with Crippen molar-refractivity contribution in [1.82, 2.24) is 10.6 Å². The van der Waals surface area contributed by atoms with Crippen molar-refractivity contribution in [2.45, 2.75) is 19.6 Å². The summed E-state index contributed by atoms with van der Waals surface area (Å²) in [6.45, 7) is 5.77. The van der Waals surface area contributed by atoms with Gasteiger partial charge in [-0.15, -0.1) is 24.0 Å². The number of halogens is 4. The number of nitrogens with one attached hydrogen (secondary N) is 2. The average Bonchev–Trinajstić information content (AvgIpc) is 2.67. The van der Waals surface area contributed by atoms with E-state index in [1.54, 1.807) is 13.1 Å². The van der Waals surface area contributed by atoms with Crippen LogP contribution in [0.5, 0.6) is 0 Å². The highest BCUT2D eigenvalue weighted by Crippen LogP contribution is 2.34. The van der Waals surface area contributed by atoms with Crippen molar-refractivity contribution in [2.75, 3.05) is 58.0 Å².